The molecule has 0 fully saturated rings. The molecule has 16 heavy (non-hydrogen) atoms. The molecule has 0 bridgehead atoms. The highest BCUT2D eigenvalue weighted by atomic mass is 16.4. The minimum atomic E-state index is -1.17. The van der Waals surface area contributed by atoms with Gasteiger partial charge in [-0.1, -0.05) is 13.0 Å². The van der Waals surface area contributed by atoms with E-state index >= 15 is 0 Å². The molecule has 5 heteroatoms. The largest absolute Gasteiger partial charge is 0.478 e. The topological polar surface area (TPSA) is 72.2 Å². The Labute approximate surface area is 92.4 Å². The summed E-state index contributed by atoms with van der Waals surface area (Å²) in [5.74, 6) is -1.70. The third-order valence-electron chi connectivity index (χ3n) is 2.74. The van der Waals surface area contributed by atoms with E-state index in [9.17, 15) is 9.59 Å². The molecule has 1 aromatic rings. The summed E-state index contributed by atoms with van der Waals surface area (Å²) in [7, 11) is 1.72. The van der Waals surface area contributed by atoms with E-state index < -0.39 is 11.8 Å². The van der Waals surface area contributed by atoms with Gasteiger partial charge in [-0.05, 0) is 6.42 Å². The van der Waals surface area contributed by atoms with Gasteiger partial charge in [0.1, 0.15) is 5.57 Å². The van der Waals surface area contributed by atoms with Crippen LogP contribution in [0.3, 0.4) is 0 Å². The van der Waals surface area contributed by atoms with Gasteiger partial charge in [-0.25, -0.2) is 4.79 Å². The zero-order chi connectivity index (χ0) is 11.9. The van der Waals surface area contributed by atoms with Crippen molar-refractivity contribution in [2.24, 2.45) is 7.05 Å². The number of hydrogen-bond donors (Lipinski definition) is 1. The number of carbonyl (C=O) groups excluding carboxylic acids is 1. The van der Waals surface area contributed by atoms with E-state index in [1.165, 1.54) is 6.08 Å². The lowest BCUT2D eigenvalue weighted by Crippen LogP contribution is -2.20. The monoisotopic (exact) mass is 220 g/mol. The summed E-state index contributed by atoms with van der Waals surface area (Å²) in [5, 5.41) is 13.1. The van der Waals surface area contributed by atoms with Crippen molar-refractivity contribution in [3.05, 3.63) is 29.1 Å². The maximum atomic E-state index is 11.8. The molecule has 0 aromatic carbocycles. The predicted octanol–water partition coefficient (Wildman–Crippen LogP) is 1.12. The van der Waals surface area contributed by atoms with Crippen LogP contribution in [0.1, 0.15) is 35.3 Å². The second-order valence-corrected chi connectivity index (χ2v) is 3.83. The Morgan fingerprint density at radius 3 is 2.88 bits per heavy atom. The van der Waals surface area contributed by atoms with Gasteiger partial charge in [0.25, 0.3) is 0 Å². The zero-order valence-electron chi connectivity index (χ0n) is 9.10. The summed E-state index contributed by atoms with van der Waals surface area (Å²) in [6.07, 6.45) is 3.81. The summed E-state index contributed by atoms with van der Waals surface area (Å²) >= 11 is 0. The van der Waals surface area contributed by atoms with Crippen LogP contribution in [0.2, 0.25) is 0 Å². The van der Waals surface area contributed by atoms with Crippen molar-refractivity contribution in [2.45, 2.75) is 19.3 Å². The Kier molecular flexibility index (Phi) is 2.38. The Balaban J connectivity index is 2.56. The zero-order valence-corrected chi connectivity index (χ0v) is 9.10. The number of aryl methyl sites for hydroxylation is 1. The molecule has 1 aliphatic carbocycles. The first-order valence-electron chi connectivity index (χ1n) is 5.08. The smallest absolute Gasteiger partial charge is 0.339 e. The maximum absolute atomic E-state index is 11.8. The number of Topliss-reactive ketones (excluding diaryl/α,β-unsaturated/α-hetero) is 1. The lowest BCUT2D eigenvalue weighted by atomic mass is 9.87. The van der Waals surface area contributed by atoms with Gasteiger partial charge in [-0.2, -0.15) is 5.10 Å². The number of carbonyl (C=O) groups is 2. The van der Waals surface area contributed by atoms with Crippen LogP contribution in [-0.4, -0.2) is 26.6 Å². The van der Waals surface area contributed by atoms with Crippen LogP contribution in [0.5, 0.6) is 0 Å². The first-order chi connectivity index (χ1) is 7.54. The number of hydrogen-bond acceptors (Lipinski definition) is 3. The highest BCUT2D eigenvalue weighted by molar-refractivity contribution is 6.25. The van der Waals surface area contributed by atoms with Crippen molar-refractivity contribution in [3.63, 3.8) is 0 Å². The fraction of sp³-hybridized carbons (Fsp3) is 0.364. The van der Waals surface area contributed by atoms with E-state index in [4.69, 9.17) is 5.11 Å². The molecule has 5 nitrogen and oxygen atoms in total. The van der Waals surface area contributed by atoms with E-state index in [-0.39, 0.29) is 11.5 Å². The normalized spacial score (nSPS) is 19.2. The van der Waals surface area contributed by atoms with Crippen LogP contribution in [-0.2, 0) is 11.8 Å². The molecule has 1 aromatic heterocycles. The number of fused-ring (bicyclic) bond motifs is 1. The lowest BCUT2D eigenvalue weighted by molar-refractivity contribution is -0.132. The SMILES string of the molecule is CC[C@@H]1C=C(C(=O)O)C(=O)c2cn(C)nc21. The first-order valence-corrected chi connectivity index (χ1v) is 5.08. The predicted molar refractivity (Wildman–Crippen MR) is 56.3 cm³/mol. The average Bonchev–Trinajstić information content (AvgIpc) is 2.60. The van der Waals surface area contributed by atoms with Gasteiger partial charge in [-0.3, -0.25) is 9.48 Å². The molecule has 84 valence electrons. The van der Waals surface area contributed by atoms with Crippen molar-refractivity contribution in [1.82, 2.24) is 9.78 Å². The molecular formula is C11H12N2O3. The van der Waals surface area contributed by atoms with Crippen molar-refractivity contribution in [1.29, 1.82) is 0 Å². The Hall–Kier alpha value is -1.91. The van der Waals surface area contributed by atoms with Crippen molar-refractivity contribution in [3.8, 4) is 0 Å². The standard InChI is InChI=1S/C11H12N2O3/c1-3-6-4-7(11(15)16)10(14)8-5-13(2)12-9(6)8/h4-6H,3H2,1-2H3,(H,15,16)/t6-/m1/s1. The molecule has 0 spiro atoms. The van der Waals surface area contributed by atoms with Crippen molar-refractivity contribution >= 4 is 11.8 Å². The van der Waals surface area contributed by atoms with Gasteiger partial charge in [-0.15, -0.1) is 0 Å². The minimum absolute atomic E-state index is 0.0833. The molecule has 1 atom stereocenters. The van der Waals surface area contributed by atoms with Crippen LogP contribution in [0, 0.1) is 0 Å². The van der Waals surface area contributed by atoms with Crippen LogP contribution >= 0.6 is 0 Å². The number of allylic oxidation sites excluding steroid dienone is 1. The number of carboxylic acid groups (broad SMARTS) is 1. The van der Waals surface area contributed by atoms with E-state index in [0.717, 1.165) is 6.42 Å². The van der Waals surface area contributed by atoms with Crippen LogP contribution in [0.25, 0.3) is 0 Å². The maximum Gasteiger partial charge on any atom is 0.339 e. The van der Waals surface area contributed by atoms with E-state index in [1.54, 1.807) is 17.9 Å². The van der Waals surface area contributed by atoms with Gasteiger partial charge in [0, 0.05) is 19.2 Å². The fourth-order valence-electron chi connectivity index (χ4n) is 1.93. The van der Waals surface area contributed by atoms with Gasteiger partial charge < -0.3 is 5.11 Å². The molecule has 0 unspecified atom stereocenters. The number of aromatic nitrogens is 2. The van der Waals surface area contributed by atoms with Crippen molar-refractivity contribution < 1.29 is 14.7 Å². The highest BCUT2D eigenvalue weighted by Crippen LogP contribution is 2.31. The first kappa shape index (κ1) is 10.6. The molecular weight excluding hydrogens is 208 g/mol. The fourth-order valence-corrected chi connectivity index (χ4v) is 1.93. The third-order valence-corrected chi connectivity index (χ3v) is 2.74. The molecule has 2 rings (SSSR count). The van der Waals surface area contributed by atoms with Crippen LogP contribution < -0.4 is 0 Å². The molecule has 1 aliphatic rings. The summed E-state index contributed by atoms with van der Waals surface area (Å²) < 4.78 is 1.55. The average molecular weight is 220 g/mol. The number of nitrogens with zero attached hydrogens (tertiary/aromatic N) is 2. The van der Waals surface area contributed by atoms with Gasteiger partial charge in [0.15, 0.2) is 0 Å². The third kappa shape index (κ3) is 1.44. The molecule has 1 heterocycles. The highest BCUT2D eigenvalue weighted by Gasteiger charge is 2.32. The van der Waals surface area contributed by atoms with Crippen molar-refractivity contribution in [2.75, 3.05) is 0 Å². The summed E-state index contributed by atoms with van der Waals surface area (Å²) in [6.45, 7) is 1.94. The van der Waals surface area contributed by atoms with E-state index in [0.29, 0.717) is 11.3 Å². The summed E-state index contributed by atoms with van der Waals surface area (Å²) in [6, 6.07) is 0. The molecule has 0 aliphatic heterocycles. The molecule has 1 N–H and O–H groups in total. The Morgan fingerprint density at radius 1 is 1.62 bits per heavy atom. The Morgan fingerprint density at radius 2 is 2.31 bits per heavy atom. The second kappa shape index (κ2) is 3.59. The van der Waals surface area contributed by atoms with Gasteiger partial charge in [0.05, 0.1) is 11.3 Å². The lowest BCUT2D eigenvalue weighted by Gasteiger charge is -2.15. The number of ketones is 1. The molecule has 0 saturated heterocycles. The van der Waals surface area contributed by atoms with Gasteiger partial charge >= 0.3 is 5.97 Å². The summed E-state index contributed by atoms with van der Waals surface area (Å²) in [4.78, 5) is 22.8. The van der Waals surface area contributed by atoms with Gasteiger partial charge in [0.2, 0.25) is 5.78 Å². The van der Waals surface area contributed by atoms with E-state index in [2.05, 4.69) is 5.10 Å². The van der Waals surface area contributed by atoms with Crippen LogP contribution in [0.4, 0.5) is 0 Å². The van der Waals surface area contributed by atoms with Crippen LogP contribution in [0.15, 0.2) is 17.8 Å². The number of aliphatic carboxylic acids is 1. The molecule has 0 radical (unpaired) electrons. The second-order valence-electron chi connectivity index (χ2n) is 3.83. The quantitative estimate of drug-likeness (QED) is 0.758. The summed E-state index contributed by atoms with van der Waals surface area (Å²) in [5.41, 5.74) is 0.946. The number of carboxylic acids is 1. The number of rotatable bonds is 2. The molecule has 0 saturated carbocycles. The minimum Gasteiger partial charge on any atom is -0.478 e. The van der Waals surface area contributed by atoms with E-state index in [1.807, 2.05) is 6.92 Å². The Bertz CT molecular complexity index is 499. The molecule has 0 amide bonds.